The fourth-order valence-corrected chi connectivity index (χ4v) is 3.03. The normalized spacial score (nSPS) is 20.4. The van der Waals surface area contributed by atoms with Crippen molar-refractivity contribution >= 4 is 10.0 Å². The van der Waals surface area contributed by atoms with Crippen LogP contribution in [-0.4, -0.2) is 52.6 Å². The second-order valence-corrected chi connectivity index (χ2v) is 6.85. The van der Waals surface area contributed by atoms with Crippen molar-refractivity contribution in [2.24, 2.45) is 5.14 Å². The van der Waals surface area contributed by atoms with Crippen molar-refractivity contribution in [2.75, 3.05) is 33.3 Å². The molecule has 3 N–H and O–H groups in total. The highest BCUT2D eigenvalue weighted by molar-refractivity contribution is 7.89. The molecule has 1 heterocycles. The van der Waals surface area contributed by atoms with E-state index in [1.165, 1.54) is 25.0 Å². The molecule has 7 heteroatoms. The minimum Gasteiger partial charge on any atom is -0.492 e. The fraction of sp³-hybridized carbons (Fsp3) is 0.571. The van der Waals surface area contributed by atoms with E-state index in [1.807, 2.05) is 7.05 Å². The molecule has 118 valence electrons. The molecule has 0 aliphatic carbocycles. The summed E-state index contributed by atoms with van der Waals surface area (Å²) in [6.07, 6.45) is 2.43. The summed E-state index contributed by atoms with van der Waals surface area (Å²) in [4.78, 5) is 2.48. The number of hydrogen-bond acceptors (Lipinski definition) is 5. The molecule has 0 spiro atoms. The summed E-state index contributed by atoms with van der Waals surface area (Å²) in [7, 11) is -1.64. The lowest BCUT2D eigenvalue weighted by Gasteiger charge is -2.32. The number of nitrogens with one attached hydrogen (secondary N) is 1. The second kappa shape index (κ2) is 7.22. The number of ether oxygens (including phenoxy) is 1. The maximum atomic E-state index is 11.1. The summed E-state index contributed by atoms with van der Waals surface area (Å²) in [6.45, 7) is 3.61. The first-order valence-corrected chi connectivity index (χ1v) is 8.69. The van der Waals surface area contributed by atoms with Crippen LogP contribution in [0.1, 0.15) is 12.8 Å². The molecule has 1 aromatic rings. The van der Waals surface area contributed by atoms with Crippen LogP contribution < -0.4 is 15.2 Å². The van der Waals surface area contributed by atoms with Crippen molar-refractivity contribution in [3.05, 3.63) is 24.3 Å². The summed E-state index contributed by atoms with van der Waals surface area (Å²) in [6, 6.07) is 6.75. The van der Waals surface area contributed by atoms with Crippen LogP contribution in [-0.2, 0) is 10.0 Å². The number of likely N-dealkylation sites (N-methyl/N-ethyl adjacent to an activating group) is 1. The maximum absolute atomic E-state index is 11.1. The number of nitrogens with zero attached hydrogens (tertiary/aromatic N) is 1. The Balaban J connectivity index is 1.78. The number of benzene rings is 1. The topological polar surface area (TPSA) is 84.7 Å². The van der Waals surface area contributed by atoms with Crippen molar-refractivity contribution in [2.45, 2.75) is 23.8 Å². The molecule has 1 unspecified atom stereocenters. The Hall–Kier alpha value is -1.15. The van der Waals surface area contributed by atoms with E-state index < -0.39 is 10.0 Å². The van der Waals surface area contributed by atoms with E-state index >= 15 is 0 Å². The minimum absolute atomic E-state index is 0.0998. The Bertz CT molecular complexity index is 545. The van der Waals surface area contributed by atoms with Crippen molar-refractivity contribution in [3.63, 3.8) is 0 Å². The smallest absolute Gasteiger partial charge is 0.238 e. The second-order valence-electron chi connectivity index (χ2n) is 5.29. The number of piperidine rings is 1. The summed E-state index contributed by atoms with van der Waals surface area (Å²) < 4.78 is 27.9. The number of hydrogen-bond donors (Lipinski definition) is 2. The highest BCUT2D eigenvalue weighted by Crippen LogP contribution is 2.15. The Morgan fingerprint density at radius 2 is 2.10 bits per heavy atom. The highest BCUT2D eigenvalue weighted by Gasteiger charge is 2.17. The van der Waals surface area contributed by atoms with Gasteiger partial charge in [0.25, 0.3) is 0 Å². The van der Waals surface area contributed by atoms with Gasteiger partial charge in [-0.05, 0) is 50.7 Å². The lowest BCUT2D eigenvalue weighted by atomic mass is 10.1. The molecule has 1 fully saturated rings. The van der Waals surface area contributed by atoms with Gasteiger partial charge in [-0.3, -0.25) is 4.90 Å². The summed E-state index contributed by atoms with van der Waals surface area (Å²) in [5.41, 5.74) is 0. The SMILES string of the molecule is CNC1CCCN(CCOc2ccc(S(N)(=O)=O)cc2)C1. The van der Waals surface area contributed by atoms with Gasteiger partial charge in [0.1, 0.15) is 12.4 Å². The van der Waals surface area contributed by atoms with Crippen LogP contribution in [0.2, 0.25) is 0 Å². The largest absolute Gasteiger partial charge is 0.492 e. The Morgan fingerprint density at radius 3 is 2.71 bits per heavy atom. The third kappa shape index (κ3) is 4.96. The molecule has 1 aliphatic heterocycles. The van der Waals surface area contributed by atoms with E-state index in [2.05, 4.69) is 10.2 Å². The molecule has 0 bridgehead atoms. The van der Waals surface area contributed by atoms with E-state index in [1.54, 1.807) is 12.1 Å². The molecular weight excluding hydrogens is 290 g/mol. The number of likely N-dealkylation sites (tertiary alicyclic amines) is 1. The highest BCUT2D eigenvalue weighted by atomic mass is 32.2. The lowest BCUT2D eigenvalue weighted by molar-refractivity contribution is 0.162. The van der Waals surface area contributed by atoms with Crippen molar-refractivity contribution in [1.29, 1.82) is 0 Å². The van der Waals surface area contributed by atoms with Crippen LogP contribution in [0.4, 0.5) is 0 Å². The zero-order chi connectivity index (χ0) is 15.3. The van der Waals surface area contributed by atoms with E-state index in [0.29, 0.717) is 18.4 Å². The standard InChI is InChI=1S/C14H23N3O3S/c1-16-12-3-2-8-17(11-12)9-10-20-13-4-6-14(7-5-13)21(15,18)19/h4-7,12,16H,2-3,8-11H2,1H3,(H2,15,18,19). The van der Waals surface area contributed by atoms with E-state index in [9.17, 15) is 8.42 Å². The molecule has 2 rings (SSSR count). The first-order valence-electron chi connectivity index (χ1n) is 7.14. The molecular formula is C14H23N3O3S. The van der Waals surface area contributed by atoms with Gasteiger partial charge in [0, 0.05) is 19.1 Å². The molecule has 1 aliphatic rings. The van der Waals surface area contributed by atoms with Crippen molar-refractivity contribution in [1.82, 2.24) is 10.2 Å². The lowest BCUT2D eigenvalue weighted by Crippen LogP contribution is -2.45. The van der Waals surface area contributed by atoms with Gasteiger partial charge in [0.05, 0.1) is 4.90 Å². The van der Waals surface area contributed by atoms with Gasteiger partial charge in [-0.2, -0.15) is 0 Å². The van der Waals surface area contributed by atoms with Crippen LogP contribution in [0.15, 0.2) is 29.2 Å². The van der Waals surface area contributed by atoms with E-state index in [0.717, 1.165) is 19.6 Å². The Labute approximate surface area is 126 Å². The van der Waals surface area contributed by atoms with Gasteiger partial charge in [0.15, 0.2) is 0 Å². The molecule has 0 radical (unpaired) electrons. The molecule has 1 saturated heterocycles. The van der Waals surface area contributed by atoms with Gasteiger partial charge in [-0.15, -0.1) is 0 Å². The number of rotatable bonds is 6. The zero-order valence-corrected chi connectivity index (χ0v) is 13.1. The van der Waals surface area contributed by atoms with Gasteiger partial charge in [-0.1, -0.05) is 0 Å². The Morgan fingerprint density at radius 1 is 1.38 bits per heavy atom. The number of primary sulfonamides is 1. The third-order valence-electron chi connectivity index (χ3n) is 3.74. The predicted octanol–water partition coefficient (Wildman–Crippen LogP) is 0.397. The van der Waals surface area contributed by atoms with Crippen LogP contribution in [0.3, 0.4) is 0 Å². The maximum Gasteiger partial charge on any atom is 0.238 e. The zero-order valence-electron chi connectivity index (χ0n) is 12.3. The number of sulfonamides is 1. The van der Waals surface area contributed by atoms with E-state index in [4.69, 9.17) is 9.88 Å². The van der Waals surface area contributed by atoms with Crippen LogP contribution in [0, 0.1) is 0 Å². The first-order chi connectivity index (χ1) is 9.99. The number of nitrogens with two attached hydrogens (primary N) is 1. The van der Waals surface area contributed by atoms with Gasteiger partial charge in [0.2, 0.25) is 10.0 Å². The molecule has 1 aromatic carbocycles. The van der Waals surface area contributed by atoms with Crippen LogP contribution in [0.25, 0.3) is 0 Å². The van der Waals surface area contributed by atoms with Gasteiger partial charge >= 0.3 is 0 Å². The van der Waals surface area contributed by atoms with Gasteiger partial charge in [-0.25, -0.2) is 13.6 Å². The molecule has 0 amide bonds. The molecule has 6 nitrogen and oxygen atoms in total. The predicted molar refractivity (Wildman–Crippen MR) is 81.8 cm³/mol. The molecule has 1 atom stereocenters. The average molecular weight is 313 g/mol. The van der Waals surface area contributed by atoms with E-state index in [-0.39, 0.29) is 4.90 Å². The summed E-state index contributed by atoms with van der Waals surface area (Å²) in [5, 5.41) is 8.36. The van der Waals surface area contributed by atoms with Crippen molar-refractivity contribution < 1.29 is 13.2 Å². The third-order valence-corrected chi connectivity index (χ3v) is 4.67. The van der Waals surface area contributed by atoms with Crippen LogP contribution in [0.5, 0.6) is 5.75 Å². The summed E-state index contributed by atoms with van der Waals surface area (Å²) in [5.74, 6) is 0.657. The molecule has 0 saturated carbocycles. The quantitative estimate of drug-likeness (QED) is 0.794. The average Bonchev–Trinajstić information content (AvgIpc) is 2.47. The van der Waals surface area contributed by atoms with Gasteiger partial charge < -0.3 is 10.1 Å². The first kappa shape index (κ1) is 16.2. The summed E-state index contributed by atoms with van der Waals surface area (Å²) >= 11 is 0. The molecule has 21 heavy (non-hydrogen) atoms. The minimum atomic E-state index is -3.64. The molecule has 0 aromatic heterocycles. The monoisotopic (exact) mass is 313 g/mol. The fourth-order valence-electron chi connectivity index (χ4n) is 2.51. The van der Waals surface area contributed by atoms with Crippen LogP contribution >= 0.6 is 0 Å². The van der Waals surface area contributed by atoms with Crippen molar-refractivity contribution in [3.8, 4) is 5.75 Å². The Kier molecular flexibility index (Phi) is 5.58.